The van der Waals surface area contributed by atoms with Gasteiger partial charge in [-0.25, -0.2) is 9.59 Å². The Balaban J connectivity index is 2.30. The van der Waals surface area contributed by atoms with Crippen LogP contribution < -0.4 is 10.4 Å². The molecule has 0 unspecified atom stereocenters. The second-order valence-corrected chi connectivity index (χ2v) is 6.53. The first kappa shape index (κ1) is 18.5. The summed E-state index contributed by atoms with van der Waals surface area (Å²) in [7, 11) is 1.23. The molecule has 0 saturated carbocycles. The van der Waals surface area contributed by atoms with Gasteiger partial charge in [0.2, 0.25) is 0 Å². The third-order valence-corrected chi connectivity index (χ3v) is 4.56. The highest BCUT2D eigenvalue weighted by atomic mass is 32.2. The SMILES string of the molecule is COC(=O)c1c(SC)cc(-c2ccc(OCCSC)cc2)oc1=O. The van der Waals surface area contributed by atoms with Gasteiger partial charge in [0.05, 0.1) is 13.7 Å². The van der Waals surface area contributed by atoms with Crippen molar-refractivity contribution in [3.63, 3.8) is 0 Å². The van der Waals surface area contributed by atoms with E-state index in [-0.39, 0.29) is 5.56 Å². The van der Waals surface area contributed by atoms with E-state index in [0.29, 0.717) is 17.3 Å². The highest BCUT2D eigenvalue weighted by Crippen LogP contribution is 2.27. The summed E-state index contributed by atoms with van der Waals surface area (Å²) in [4.78, 5) is 24.4. The second kappa shape index (κ2) is 8.84. The molecule has 2 aromatic rings. The van der Waals surface area contributed by atoms with Crippen LogP contribution in [0.25, 0.3) is 11.3 Å². The van der Waals surface area contributed by atoms with Crippen molar-refractivity contribution >= 4 is 29.5 Å². The molecule has 1 aromatic heterocycles. The predicted molar refractivity (Wildman–Crippen MR) is 97.4 cm³/mol. The van der Waals surface area contributed by atoms with E-state index in [9.17, 15) is 9.59 Å². The van der Waals surface area contributed by atoms with Gasteiger partial charge in [-0.1, -0.05) is 0 Å². The van der Waals surface area contributed by atoms with Crippen molar-refractivity contribution in [1.29, 1.82) is 0 Å². The van der Waals surface area contributed by atoms with E-state index >= 15 is 0 Å². The van der Waals surface area contributed by atoms with E-state index in [1.807, 2.05) is 30.5 Å². The Kier molecular flexibility index (Phi) is 6.81. The average Bonchev–Trinajstić information content (AvgIpc) is 2.61. The number of hydrogen-bond acceptors (Lipinski definition) is 7. The molecule has 128 valence electrons. The van der Waals surface area contributed by atoms with Crippen LogP contribution in [-0.2, 0) is 4.74 Å². The molecule has 7 heteroatoms. The molecular formula is C17H18O5S2. The number of hydrogen-bond donors (Lipinski definition) is 0. The lowest BCUT2D eigenvalue weighted by Crippen LogP contribution is -2.17. The molecule has 1 heterocycles. The van der Waals surface area contributed by atoms with Crippen molar-refractivity contribution in [2.75, 3.05) is 32.0 Å². The lowest BCUT2D eigenvalue weighted by Gasteiger charge is -2.08. The predicted octanol–water partition coefficient (Wildman–Crippen LogP) is 3.56. The van der Waals surface area contributed by atoms with Crippen LogP contribution in [0.15, 0.2) is 44.4 Å². The molecule has 0 bridgehead atoms. The van der Waals surface area contributed by atoms with Gasteiger partial charge < -0.3 is 13.9 Å². The molecule has 0 aliphatic heterocycles. The number of carbonyl (C=O) groups excluding carboxylic acids is 1. The second-order valence-electron chi connectivity index (χ2n) is 4.70. The Hall–Kier alpha value is -1.86. The molecule has 0 spiro atoms. The molecule has 0 fully saturated rings. The first-order chi connectivity index (χ1) is 11.6. The molecule has 0 aliphatic rings. The number of carbonyl (C=O) groups is 1. The molecule has 5 nitrogen and oxygen atoms in total. The Bertz CT molecular complexity index is 753. The van der Waals surface area contributed by atoms with Crippen molar-refractivity contribution < 1.29 is 18.7 Å². The van der Waals surface area contributed by atoms with Gasteiger partial charge >= 0.3 is 11.6 Å². The van der Waals surface area contributed by atoms with Gasteiger partial charge in [0.25, 0.3) is 0 Å². The van der Waals surface area contributed by atoms with Crippen LogP contribution in [0.5, 0.6) is 5.75 Å². The Morgan fingerprint density at radius 3 is 2.50 bits per heavy atom. The van der Waals surface area contributed by atoms with Crippen LogP contribution in [0.4, 0.5) is 0 Å². The van der Waals surface area contributed by atoms with E-state index in [2.05, 4.69) is 4.74 Å². The van der Waals surface area contributed by atoms with Crippen molar-refractivity contribution in [3.8, 4) is 17.1 Å². The minimum Gasteiger partial charge on any atom is -0.493 e. The first-order valence-corrected chi connectivity index (χ1v) is 9.75. The van der Waals surface area contributed by atoms with Gasteiger partial charge in [-0.05, 0) is 42.8 Å². The summed E-state index contributed by atoms with van der Waals surface area (Å²) in [5, 5.41) is 0. The Morgan fingerprint density at radius 1 is 1.21 bits per heavy atom. The fourth-order valence-corrected chi connectivity index (χ4v) is 2.87. The van der Waals surface area contributed by atoms with E-state index in [1.165, 1.54) is 18.9 Å². The molecule has 0 aliphatic carbocycles. The topological polar surface area (TPSA) is 65.7 Å². The van der Waals surface area contributed by atoms with Crippen molar-refractivity contribution in [1.82, 2.24) is 0 Å². The summed E-state index contributed by atoms with van der Waals surface area (Å²) in [5.74, 6) is 1.37. The highest BCUT2D eigenvalue weighted by molar-refractivity contribution is 7.98. The van der Waals surface area contributed by atoms with Crippen molar-refractivity contribution in [2.45, 2.75) is 4.90 Å². The number of methoxy groups -OCH3 is 1. The molecule has 2 rings (SSSR count). The van der Waals surface area contributed by atoms with Gasteiger partial charge in [0.15, 0.2) is 5.56 Å². The quantitative estimate of drug-likeness (QED) is 0.422. The first-order valence-electron chi connectivity index (χ1n) is 7.13. The summed E-state index contributed by atoms with van der Waals surface area (Å²) in [6, 6.07) is 8.94. The monoisotopic (exact) mass is 366 g/mol. The maximum Gasteiger partial charge on any atom is 0.352 e. The van der Waals surface area contributed by atoms with E-state index in [4.69, 9.17) is 9.15 Å². The lowest BCUT2D eigenvalue weighted by molar-refractivity contribution is 0.0591. The summed E-state index contributed by atoms with van der Waals surface area (Å²) in [6.07, 6.45) is 3.81. The third-order valence-electron chi connectivity index (χ3n) is 3.22. The number of benzene rings is 1. The van der Waals surface area contributed by atoms with Gasteiger partial charge in [0, 0.05) is 16.2 Å². The lowest BCUT2D eigenvalue weighted by atomic mass is 10.1. The molecule has 24 heavy (non-hydrogen) atoms. The Labute approximate surface area is 148 Å². The summed E-state index contributed by atoms with van der Waals surface area (Å²) in [6.45, 7) is 0.639. The van der Waals surface area contributed by atoms with Crippen LogP contribution >= 0.6 is 23.5 Å². The van der Waals surface area contributed by atoms with Gasteiger partial charge in [-0.3, -0.25) is 0 Å². The molecule has 0 N–H and O–H groups in total. The van der Waals surface area contributed by atoms with E-state index in [0.717, 1.165) is 17.1 Å². The molecular weight excluding hydrogens is 348 g/mol. The molecule has 0 radical (unpaired) electrons. The molecule has 0 atom stereocenters. The van der Waals surface area contributed by atoms with Crippen LogP contribution in [0.1, 0.15) is 10.4 Å². The summed E-state index contributed by atoms with van der Waals surface area (Å²) >= 11 is 3.01. The van der Waals surface area contributed by atoms with Gasteiger partial charge in [-0.2, -0.15) is 11.8 Å². The maximum absolute atomic E-state index is 12.1. The van der Waals surface area contributed by atoms with E-state index in [1.54, 1.807) is 24.1 Å². The molecule has 0 saturated heterocycles. The molecule has 0 amide bonds. The van der Waals surface area contributed by atoms with Gasteiger partial charge in [-0.15, -0.1) is 11.8 Å². The average molecular weight is 366 g/mol. The van der Waals surface area contributed by atoms with Crippen LogP contribution in [0.2, 0.25) is 0 Å². The summed E-state index contributed by atoms with van der Waals surface area (Å²) in [5.41, 5.74) is -0.0502. The Morgan fingerprint density at radius 2 is 1.92 bits per heavy atom. The maximum atomic E-state index is 12.1. The molecule has 1 aromatic carbocycles. The zero-order valence-electron chi connectivity index (χ0n) is 13.7. The fraction of sp³-hybridized carbons (Fsp3) is 0.294. The van der Waals surface area contributed by atoms with E-state index < -0.39 is 11.6 Å². The van der Waals surface area contributed by atoms with Crippen molar-refractivity contribution in [3.05, 3.63) is 46.3 Å². The summed E-state index contributed by atoms with van der Waals surface area (Å²) < 4.78 is 15.5. The standard InChI is InChI=1S/C17H18O5S2/c1-20-16(18)15-14(24-3)10-13(22-17(15)19)11-4-6-12(7-5-11)21-8-9-23-2/h4-7,10H,8-9H2,1-3H3. The number of rotatable bonds is 7. The van der Waals surface area contributed by atoms with Crippen LogP contribution in [-0.4, -0.2) is 38.0 Å². The number of esters is 1. The van der Waals surface area contributed by atoms with Gasteiger partial charge in [0.1, 0.15) is 11.5 Å². The smallest absolute Gasteiger partial charge is 0.352 e. The zero-order chi connectivity index (χ0) is 17.5. The minimum atomic E-state index is -0.705. The third kappa shape index (κ3) is 4.36. The number of thioether (sulfide) groups is 2. The zero-order valence-corrected chi connectivity index (χ0v) is 15.3. The van der Waals surface area contributed by atoms with Crippen LogP contribution in [0.3, 0.4) is 0 Å². The minimum absolute atomic E-state index is 0.0780. The van der Waals surface area contributed by atoms with Crippen molar-refractivity contribution in [2.24, 2.45) is 0 Å². The largest absolute Gasteiger partial charge is 0.493 e. The number of ether oxygens (including phenoxy) is 2. The normalized spacial score (nSPS) is 10.5. The van der Waals surface area contributed by atoms with Crippen LogP contribution in [0, 0.1) is 0 Å². The fourth-order valence-electron chi connectivity index (χ4n) is 2.02. The highest BCUT2D eigenvalue weighted by Gasteiger charge is 2.20.